The maximum Gasteiger partial charge on any atom is 0.157 e. The van der Waals surface area contributed by atoms with Crippen molar-refractivity contribution in [3.63, 3.8) is 0 Å². The van der Waals surface area contributed by atoms with Crippen molar-refractivity contribution in [2.24, 2.45) is 0 Å². The number of thiazole rings is 1. The number of nitrogens with zero attached hydrogens (tertiary/aromatic N) is 3. The van der Waals surface area contributed by atoms with Crippen LogP contribution in [0.4, 0.5) is 0 Å². The maximum atomic E-state index is 4.68. The summed E-state index contributed by atoms with van der Waals surface area (Å²) in [6.07, 6.45) is 2.05. The van der Waals surface area contributed by atoms with Crippen LogP contribution in [-0.2, 0) is 0 Å². The Hall–Kier alpha value is -1.85. The summed E-state index contributed by atoms with van der Waals surface area (Å²) >= 11 is 3.41. The number of imidazole rings is 1. The molecule has 5 heteroatoms. The van der Waals surface area contributed by atoms with E-state index in [-0.39, 0.29) is 0 Å². The number of rotatable bonds is 2. The molecular weight excluding hydrogens is 286 g/mol. The van der Waals surface area contributed by atoms with Crippen molar-refractivity contribution < 1.29 is 0 Å². The summed E-state index contributed by atoms with van der Waals surface area (Å²) in [6, 6.07) is 14.3. The van der Waals surface area contributed by atoms with Crippen LogP contribution >= 0.6 is 23.1 Å². The molecule has 0 aliphatic carbocycles. The molecule has 0 N–H and O–H groups in total. The molecule has 0 amide bonds. The minimum Gasteiger partial charge on any atom is -0.294 e. The molecule has 0 radical (unpaired) electrons. The summed E-state index contributed by atoms with van der Waals surface area (Å²) in [5.41, 5.74) is 3.08. The summed E-state index contributed by atoms with van der Waals surface area (Å²) in [6.45, 7) is 2.04. The van der Waals surface area contributed by atoms with Gasteiger partial charge in [0.2, 0.25) is 0 Å². The fraction of sp³-hybridized carbons (Fsp3) is 0.0667. The second kappa shape index (κ2) is 4.61. The molecule has 0 bridgehead atoms. The standard InChI is InChI=1S/C15H11N3S2/c1-10-14(18-9-5-4-8-13(18)16-10)20-15-17-11-6-2-3-7-12(11)19-15/h2-9H,1H3. The number of para-hydroxylation sites is 1. The first-order chi connectivity index (χ1) is 9.81. The van der Waals surface area contributed by atoms with Crippen LogP contribution < -0.4 is 0 Å². The molecule has 4 rings (SSSR count). The van der Waals surface area contributed by atoms with Gasteiger partial charge in [0, 0.05) is 6.20 Å². The van der Waals surface area contributed by atoms with Crippen LogP contribution in [0, 0.1) is 6.92 Å². The lowest BCUT2D eigenvalue weighted by atomic mass is 10.3. The van der Waals surface area contributed by atoms with Crippen LogP contribution in [0.1, 0.15) is 5.69 Å². The molecular formula is C15H11N3S2. The molecule has 0 saturated carbocycles. The smallest absolute Gasteiger partial charge is 0.157 e. The van der Waals surface area contributed by atoms with E-state index >= 15 is 0 Å². The lowest BCUT2D eigenvalue weighted by molar-refractivity contribution is 1.02. The highest BCUT2D eigenvalue weighted by molar-refractivity contribution is 8.01. The van der Waals surface area contributed by atoms with Gasteiger partial charge in [-0.3, -0.25) is 4.40 Å². The van der Waals surface area contributed by atoms with E-state index in [0.29, 0.717) is 0 Å². The molecule has 0 aliphatic rings. The lowest BCUT2D eigenvalue weighted by Crippen LogP contribution is -1.85. The summed E-state index contributed by atoms with van der Waals surface area (Å²) in [5, 5.41) is 1.14. The molecule has 0 saturated heterocycles. The van der Waals surface area contributed by atoms with Crippen LogP contribution in [0.2, 0.25) is 0 Å². The van der Waals surface area contributed by atoms with Crippen LogP contribution in [0.3, 0.4) is 0 Å². The van der Waals surface area contributed by atoms with Gasteiger partial charge < -0.3 is 0 Å². The molecule has 3 heterocycles. The number of pyridine rings is 1. The molecule has 0 aliphatic heterocycles. The largest absolute Gasteiger partial charge is 0.294 e. The minimum absolute atomic E-state index is 0.980. The van der Waals surface area contributed by atoms with Gasteiger partial charge in [-0.25, -0.2) is 9.97 Å². The van der Waals surface area contributed by atoms with Gasteiger partial charge in [0.15, 0.2) is 4.34 Å². The highest BCUT2D eigenvalue weighted by atomic mass is 32.2. The zero-order chi connectivity index (χ0) is 13.5. The van der Waals surface area contributed by atoms with Crippen molar-refractivity contribution in [1.82, 2.24) is 14.4 Å². The highest BCUT2D eigenvalue weighted by Crippen LogP contribution is 2.35. The quantitative estimate of drug-likeness (QED) is 0.549. The second-order valence-electron chi connectivity index (χ2n) is 4.48. The molecule has 0 unspecified atom stereocenters. The Kier molecular flexibility index (Phi) is 2.75. The molecule has 98 valence electrons. The molecule has 3 aromatic heterocycles. The maximum absolute atomic E-state index is 4.68. The van der Waals surface area contributed by atoms with E-state index in [1.165, 1.54) is 4.70 Å². The number of benzene rings is 1. The van der Waals surface area contributed by atoms with E-state index in [0.717, 1.165) is 26.2 Å². The van der Waals surface area contributed by atoms with Crippen LogP contribution in [0.5, 0.6) is 0 Å². The van der Waals surface area contributed by atoms with Crippen molar-refractivity contribution >= 4 is 39.0 Å². The van der Waals surface area contributed by atoms with E-state index in [2.05, 4.69) is 32.6 Å². The lowest BCUT2D eigenvalue weighted by Gasteiger charge is -1.99. The number of aryl methyl sites for hydroxylation is 1. The summed E-state index contributed by atoms with van der Waals surface area (Å²) in [4.78, 5) is 9.26. The van der Waals surface area contributed by atoms with Crippen molar-refractivity contribution in [2.75, 3.05) is 0 Å². The fourth-order valence-corrected chi connectivity index (χ4v) is 4.32. The molecule has 0 fully saturated rings. The third kappa shape index (κ3) is 1.90. The summed E-state index contributed by atoms with van der Waals surface area (Å²) in [7, 11) is 0. The average Bonchev–Trinajstić information content (AvgIpc) is 3.00. The van der Waals surface area contributed by atoms with Crippen LogP contribution in [0.15, 0.2) is 58.0 Å². The highest BCUT2D eigenvalue weighted by Gasteiger charge is 2.12. The zero-order valence-corrected chi connectivity index (χ0v) is 12.4. The number of hydrogen-bond acceptors (Lipinski definition) is 4. The van der Waals surface area contributed by atoms with Gasteiger partial charge >= 0.3 is 0 Å². The predicted octanol–water partition coefficient (Wildman–Crippen LogP) is 4.40. The van der Waals surface area contributed by atoms with Crippen molar-refractivity contribution in [1.29, 1.82) is 0 Å². The van der Waals surface area contributed by atoms with Gasteiger partial charge in [0.25, 0.3) is 0 Å². The Morgan fingerprint density at radius 2 is 1.90 bits per heavy atom. The van der Waals surface area contributed by atoms with E-state index in [1.807, 2.05) is 37.4 Å². The van der Waals surface area contributed by atoms with Crippen molar-refractivity contribution in [3.05, 3.63) is 54.4 Å². The number of fused-ring (bicyclic) bond motifs is 2. The second-order valence-corrected chi connectivity index (χ2v) is 6.75. The molecule has 1 aromatic carbocycles. The van der Waals surface area contributed by atoms with Crippen molar-refractivity contribution in [2.45, 2.75) is 16.3 Å². The monoisotopic (exact) mass is 297 g/mol. The Morgan fingerprint density at radius 3 is 2.80 bits per heavy atom. The molecule has 4 aromatic rings. The van der Waals surface area contributed by atoms with Crippen LogP contribution in [0.25, 0.3) is 15.9 Å². The van der Waals surface area contributed by atoms with Crippen molar-refractivity contribution in [3.8, 4) is 0 Å². The zero-order valence-electron chi connectivity index (χ0n) is 10.8. The first kappa shape index (κ1) is 11.9. The molecule has 3 nitrogen and oxygen atoms in total. The molecule has 0 atom stereocenters. The van der Waals surface area contributed by atoms with E-state index in [4.69, 9.17) is 0 Å². The van der Waals surface area contributed by atoms with Gasteiger partial charge in [-0.15, -0.1) is 11.3 Å². The molecule has 20 heavy (non-hydrogen) atoms. The Bertz CT molecular complexity index is 875. The SMILES string of the molecule is Cc1nc2ccccn2c1Sc1nc2ccccc2s1. The molecule has 0 spiro atoms. The van der Waals surface area contributed by atoms with E-state index in [9.17, 15) is 0 Å². The van der Waals surface area contributed by atoms with Crippen LogP contribution in [-0.4, -0.2) is 14.4 Å². The van der Waals surface area contributed by atoms with Gasteiger partial charge in [0.05, 0.1) is 15.9 Å². The Morgan fingerprint density at radius 1 is 1.05 bits per heavy atom. The van der Waals surface area contributed by atoms with Gasteiger partial charge in [0.1, 0.15) is 10.7 Å². The normalized spacial score (nSPS) is 11.4. The Balaban J connectivity index is 1.82. The average molecular weight is 297 g/mol. The number of hydrogen-bond donors (Lipinski definition) is 0. The third-order valence-corrected chi connectivity index (χ3v) is 5.39. The Labute approximate surface area is 124 Å². The van der Waals surface area contributed by atoms with Gasteiger partial charge in [-0.2, -0.15) is 0 Å². The fourth-order valence-electron chi connectivity index (χ4n) is 2.19. The predicted molar refractivity (Wildman–Crippen MR) is 83.7 cm³/mol. The first-order valence-corrected chi connectivity index (χ1v) is 7.92. The third-order valence-electron chi connectivity index (χ3n) is 3.11. The van der Waals surface area contributed by atoms with Gasteiger partial charge in [-0.05, 0) is 43.0 Å². The van der Waals surface area contributed by atoms with E-state index in [1.54, 1.807) is 23.1 Å². The summed E-state index contributed by atoms with van der Waals surface area (Å²) in [5.74, 6) is 0. The first-order valence-electron chi connectivity index (χ1n) is 6.28. The summed E-state index contributed by atoms with van der Waals surface area (Å²) < 4.78 is 4.40. The van der Waals surface area contributed by atoms with E-state index < -0.39 is 0 Å². The number of aromatic nitrogens is 3. The topological polar surface area (TPSA) is 30.2 Å². The van der Waals surface area contributed by atoms with Gasteiger partial charge in [-0.1, -0.05) is 18.2 Å². The minimum atomic E-state index is 0.980.